The van der Waals surface area contributed by atoms with Crippen LogP contribution in [0.1, 0.15) is 0 Å². The molecule has 12 rings (SSSR count). The molecule has 57 heavy (non-hydrogen) atoms. The number of hydrogen-bond acceptors (Lipinski definition) is 4. The number of aromatic nitrogens is 5. The first-order valence-corrected chi connectivity index (χ1v) is 19.1. The van der Waals surface area contributed by atoms with Crippen molar-refractivity contribution in [3.05, 3.63) is 188 Å². The molecule has 6 nitrogen and oxygen atoms in total. The average Bonchev–Trinajstić information content (AvgIpc) is 3.94. The van der Waals surface area contributed by atoms with Gasteiger partial charge in [-0.1, -0.05) is 133 Å². The molecule has 0 saturated heterocycles. The number of furan rings is 1. The van der Waals surface area contributed by atoms with Crippen molar-refractivity contribution in [1.82, 2.24) is 24.1 Å². The van der Waals surface area contributed by atoms with E-state index in [0.29, 0.717) is 17.6 Å². The molecule has 0 aliphatic heterocycles. The first-order valence-electron chi connectivity index (χ1n) is 19.1. The molecule has 4 aromatic heterocycles. The van der Waals surface area contributed by atoms with E-state index in [4.69, 9.17) is 19.4 Å². The Hall–Kier alpha value is -7.83. The number of hydrogen-bond donors (Lipinski definition) is 0. The number of para-hydroxylation sites is 4. The standard InChI is InChI=1S/C51H31N5O/c1-3-14-32(15-4-1)33-16-13-17-34(30-33)49-52-50(35-26-29-46-42(31-35)39-22-9-12-25-45(39)57-46)54-51(53-49)56-44-24-11-8-21-38(44)41-28-27-40-37-20-7-10-23-43(37)55(47(40)48(41)56)36-18-5-2-6-19-36/h1-31H. The van der Waals surface area contributed by atoms with E-state index in [-0.39, 0.29) is 0 Å². The summed E-state index contributed by atoms with van der Waals surface area (Å²) in [5.41, 5.74) is 11.0. The van der Waals surface area contributed by atoms with Crippen LogP contribution in [0.5, 0.6) is 0 Å². The Morgan fingerprint density at radius 2 is 0.877 bits per heavy atom. The summed E-state index contributed by atoms with van der Waals surface area (Å²) in [6.07, 6.45) is 0. The molecule has 4 heterocycles. The second-order valence-corrected chi connectivity index (χ2v) is 14.4. The zero-order valence-electron chi connectivity index (χ0n) is 30.5. The maximum atomic E-state index is 6.22. The van der Waals surface area contributed by atoms with Gasteiger partial charge in [-0.2, -0.15) is 9.97 Å². The van der Waals surface area contributed by atoms with Gasteiger partial charge in [-0.05, 0) is 65.7 Å². The smallest absolute Gasteiger partial charge is 0.238 e. The third-order valence-corrected chi connectivity index (χ3v) is 11.2. The van der Waals surface area contributed by atoms with Crippen LogP contribution in [0, 0.1) is 0 Å². The van der Waals surface area contributed by atoms with Crippen LogP contribution in [0.4, 0.5) is 0 Å². The lowest BCUT2D eigenvalue weighted by Crippen LogP contribution is -2.07. The second-order valence-electron chi connectivity index (χ2n) is 14.4. The third kappa shape index (κ3) is 4.87. The van der Waals surface area contributed by atoms with Crippen molar-refractivity contribution in [2.75, 3.05) is 0 Å². The highest BCUT2D eigenvalue weighted by Gasteiger charge is 2.23. The van der Waals surface area contributed by atoms with Crippen LogP contribution in [0.2, 0.25) is 0 Å². The Labute approximate surface area is 326 Å². The summed E-state index contributed by atoms with van der Waals surface area (Å²) in [7, 11) is 0. The lowest BCUT2D eigenvalue weighted by atomic mass is 10.0. The SMILES string of the molecule is c1ccc(-c2cccc(-c3nc(-c4ccc5oc6ccccc6c5c4)nc(-n4c5ccccc5c5ccc6c7ccccc7n(-c7ccccc7)c6c54)n3)c2)cc1. The van der Waals surface area contributed by atoms with Crippen LogP contribution in [0.15, 0.2) is 192 Å². The quantitative estimate of drug-likeness (QED) is 0.177. The molecular formula is C51H31N5O. The number of fused-ring (bicyclic) bond motifs is 10. The molecule has 266 valence electrons. The van der Waals surface area contributed by atoms with Crippen LogP contribution < -0.4 is 0 Å². The maximum absolute atomic E-state index is 6.22. The first kappa shape index (κ1) is 31.5. The fraction of sp³-hybridized carbons (Fsp3) is 0. The molecule has 6 heteroatoms. The summed E-state index contributed by atoms with van der Waals surface area (Å²) in [5, 5.41) is 6.67. The van der Waals surface area contributed by atoms with E-state index in [1.165, 1.54) is 5.39 Å². The van der Waals surface area contributed by atoms with Crippen LogP contribution >= 0.6 is 0 Å². The molecule has 0 saturated carbocycles. The topological polar surface area (TPSA) is 61.7 Å². The van der Waals surface area contributed by atoms with Gasteiger partial charge < -0.3 is 8.98 Å². The predicted molar refractivity (Wildman–Crippen MR) is 232 cm³/mol. The highest BCUT2D eigenvalue weighted by molar-refractivity contribution is 6.23. The molecule has 0 atom stereocenters. The average molecular weight is 730 g/mol. The fourth-order valence-electron chi connectivity index (χ4n) is 8.61. The second kappa shape index (κ2) is 12.3. The summed E-state index contributed by atoms with van der Waals surface area (Å²) in [6, 6.07) is 65.6. The highest BCUT2D eigenvalue weighted by atomic mass is 16.3. The molecule has 0 aliphatic carbocycles. The van der Waals surface area contributed by atoms with Crippen molar-refractivity contribution in [2.45, 2.75) is 0 Å². The zero-order chi connectivity index (χ0) is 37.5. The summed E-state index contributed by atoms with van der Waals surface area (Å²) < 4.78 is 10.8. The largest absolute Gasteiger partial charge is 0.456 e. The molecule has 0 bridgehead atoms. The summed E-state index contributed by atoms with van der Waals surface area (Å²) in [5.74, 6) is 1.71. The van der Waals surface area contributed by atoms with Gasteiger partial charge in [-0.3, -0.25) is 4.57 Å². The monoisotopic (exact) mass is 729 g/mol. The summed E-state index contributed by atoms with van der Waals surface area (Å²) >= 11 is 0. The van der Waals surface area contributed by atoms with Crippen molar-refractivity contribution in [3.8, 4) is 45.5 Å². The normalized spacial score (nSPS) is 11.9. The molecule has 0 unspecified atom stereocenters. The van der Waals surface area contributed by atoms with E-state index in [9.17, 15) is 0 Å². The van der Waals surface area contributed by atoms with E-state index >= 15 is 0 Å². The Kier molecular flexibility index (Phi) is 6.83. The van der Waals surface area contributed by atoms with E-state index in [1.807, 2.05) is 36.4 Å². The first-order chi connectivity index (χ1) is 28.3. The maximum Gasteiger partial charge on any atom is 0.238 e. The van der Waals surface area contributed by atoms with Gasteiger partial charge in [0.2, 0.25) is 5.95 Å². The minimum atomic E-state index is 0.542. The van der Waals surface area contributed by atoms with Crippen molar-refractivity contribution in [3.63, 3.8) is 0 Å². The Morgan fingerprint density at radius 3 is 1.61 bits per heavy atom. The van der Waals surface area contributed by atoms with Gasteiger partial charge in [0.05, 0.1) is 22.1 Å². The Bertz CT molecular complexity index is 3520. The molecule has 0 N–H and O–H groups in total. The van der Waals surface area contributed by atoms with E-state index in [1.54, 1.807) is 0 Å². The number of rotatable bonds is 5. The lowest BCUT2D eigenvalue weighted by molar-refractivity contribution is 0.669. The fourth-order valence-corrected chi connectivity index (χ4v) is 8.61. The number of benzene rings is 8. The lowest BCUT2D eigenvalue weighted by Gasteiger charge is -2.13. The van der Waals surface area contributed by atoms with Crippen molar-refractivity contribution >= 4 is 65.6 Å². The predicted octanol–water partition coefficient (Wildman–Crippen LogP) is 13.0. The van der Waals surface area contributed by atoms with Crippen molar-refractivity contribution in [2.24, 2.45) is 0 Å². The van der Waals surface area contributed by atoms with Gasteiger partial charge in [0.15, 0.2) is 11.6 Å². The van der Waals surface area contributed by atoms with Gasteiger partial charge in [0, 0.05) is 49.1 Å². The van der Waals surface area contributed by atoms with E-state index in [0.717, 1.165) is 88.1 Å². The van der Waals surface area contributed by atoms with Gasteiger partial charge in [-0.25, -0.2) is 4.98 Å². The van der Waals surface area contributed by atoms with Crippen molar-refractivity contribution < 1.29 is 4.42 Å². The minimum Gasteiger partial charge on any atom is -0.456 e. The highest BCUT2D eigenvalue weighted by Crippen LogP contribution is 2.42. The summed E-state index contributed by atoms with van der Waals surface area (Å²) in [4.78, 5) is 16.0. The van der Waals surface area contributed by atoms with Crippen LogP contribution in [-0.4, -0.2) is 24.1 Å². The molecule has 12 aromatic rings. The molecule has 0 spiro atoms. The summed E-state index contributed by atoms with van der Waals surface area (Å²) in [6.45, 7) is 0. The molecule has 8 aromatic carbocycles. The Balaban J connectivity index is 1.20. The molecular weight excluding hydrogens is 699 g/mol. The van der Waals surface area contributed by atoms with Gasteiger partial charge in [0.25, 0.3) is 0 Å². The van der Waals surface area contributed by atoms with Gasteiger partial charge in [-0.15, -0.1) is 0 Å². The van der Waals surface area contributed by atoms with Crippen LogP contribution in [0.25, 0.3) is 111 Å². The van der Waals surface area contributed by atoms with E-state index in [2.05, 4.69) is 161 Å². The number of nitrogens with zero attached hydrogens (tertiary/aromatic N) is 5. The molecule has 0 radical (unpaired) electrons. The Morgan fingerprint density at radius 1 is 0.333 bits per heavy atom. The third-order valence-electron chi connectivity index (χ3n) is 11.2. The van der Waals surface area contributed by atoms with E-state index < -0.39 is 0 Å². The van der Waals surface area contributed by atoms with Crippen molar-refractivity contribution in [1.29, 1.82) is 0 Å². The molecule has 0 aliphatic rings. The van der Waals surface area contributed by atoms with Gasteiger partial charge >= 0.3 is 0 Å². The van der Waals surface area contributed by atoms with Crippen LogP contribution in [-0.2, 0) is 0 Å². The van der Waals surface area contributed by atoms with Crippen LogP contribution in [0.3, 0.4) is 0 Å². The molecule has 0 amide bonds. The minimum absolute atomic E-state index is 0.542. The van der Waals surface area contributed by atoms with Gasteiger partial charge in [0.1, 0.15) is 11.2 Å². The zero-order valence-corrected chi connectivity index (χ0v) is 30.5. The molecule has 0 fully saturated rings.